The Balaban J connectivity index is 1.53. The Morgan fingerprint density at radius 3 is 2.43 bits per heavy atom. The standard InChI is InChI=1S/C33H46BNO7/c1-5-10-24-18-25-30(33(40)35(32(25)39)14-9-7-8-11-28(36)37)26-19-34(41)42-27(29(24)26)13-12-22(6-2)17-23-15-20(3)31(38)21(4)16-23/h15-17,25-27,30,38,41H,5-14,18-19H2,1-4H3,(H,36,37)/b22-17+/t25-,26+,27-,30-/m1/s1. The van der Waals surface area contributed by atoms with E-state index in [0.717, 1.165) is 47.9 Å². The highest BCUT2D eigenvalue weighted by Gasteiger charge is 2.56. The number of aromatic hydroxyl groups is 1. The number of carboxylic acids is 1. The Hall–Kier alpha value is -2.91. The Morgan fingerprint density at radius 2 is 1.79 bits per heavy atom. The molecule has 8 nitrogen and oxygen atoms in total. The molecule has 2 amide bonds. The number of hydrogen-bond acceptors (Lipinski definition) is 6. The maximum Gasteiger partial charge on any atom is 0.455 e. The second kappa shape index (κ2) is 14.0. The molecule has 0 saturated carbocycles. The highest BCUT2D eigenvalue weighted by molar-refractivity contribution is 6.43. The zero-order valence-electron chi connectivity index (χ0n) is 25.5. The van der Waals surface area contributed by atoms with Crippen molar-refractivity contribution in [3.63, 3.8) is 0 Å². The van der Waals surface area contributed by atoms with Gasteiger partial charge in [0.25, 0.3) is 0 Å². The van der Waals surface area contributed by atoms with Crippen LogP contribution in [-0.4, -0.2) is 57.7 Å². The molecule has 1 aliphatic carbocycles. The molecule has 3 aliphatic rings. The van der Waals surface area contributed by atoms with Gasteiger partial charge < -0.3 is 19.9 Å². The van der Waals surface area contributed by atoms with E-state index >= 15 is 0 Å². The Labute approximate surface area is 250 Å². The van der Waals surface area contributed by atoms with Crippen molar-refractivity contribution in [1.82, 2.24) is 4.90 Å². The summed E-state index contributed by atoms with van der Waals surface area (Å²) in [6.45, 7) is 8.36. The van der Waals surface area contributed by atoms with E-state index < -0.39 is 24.9 Å². The Bertz CT molecular complexity index is 1230. The second-order valence-corrected chi connectivity index (χ2v) is 12.3. The highest BCUT2D eigenvalue weighted by Crippen LogP contribution is 2.51. The summed E-state index contributed by atoms with van der Waals surface area (Å²) in [4.78, 5) is 39.4. The van der Waals surface area contributed by atoms with E-state index in [0.29, 0.717) is 50.7 Å². The number of rotatable bonds is 13. The van der Waals surface area contributed by atoms with Crippen LogP contribution in [0, 0.1) is 31.6 Å². The van der Waals surface area contributed by atoms with Crippen molar-refractivity contribution in [2.45, 2.75) is 104 Å². The van der Waals surface area contributed by atoms with E-state index in [-0.39, 0.29) is 30.3 Å². The minimum Gasteiger partial charge on any atom is -0.507 e. The van der Waals surface area contributed by atoms with E-state index in [1.807, 2.05) is 26.0 Å². The lowest BCUT2D eigenvalue weighted by Gasteiger charge is -2.43. The fourth-order valence-corrected chi connectivity index (χ4v) is 7.29. The number of likely N-dealkylation sites (tertiary alicyclic amines) is 1. The first-order valence-corrected chi connectivity index (χ1v) is 15.7. The molecule has 1 aromatic carbocycles. The molecule has 0 aromatic heterocycles. The molecule has 4 rings (SSSR count). The van der Waals surface area contributed by atoms with Crippen LogP contribution in [0.2, 0.25) is 6.32 Å². The number of carbonyl (C=O) groups is 3. The van der Waals surface area contributed by atoms with Gasteiger partial charge in [0.05, 0.1) is 17.9 Å². The quantitative estimate of drug-likeness (QED) is 0.116. The zero-order valence-corrected chi connectivity index (χ0v) is 25.5. The number of unbranched alkanes of at least 4 members (excludes halogenated alkanes) is 2. The van der Waals surface area contributed by atoms with Crippen molar-refractivity contribution in [2.24, 2.45) is 17.8 Å². The molecule has 0 unspecified atom stereocenters. The predicted molar refractivity (Wildman–Crippen MR) is 163 cm³/mol. The van der Waals surface area contributed by atoms with E-state index in [2.05, 4.69) is 19.9 Å². The van der Waals surface area contributed by atoms with E-state index in [4.69, 9.17) is 9.76 Å². The molecule has 0 bridgehead atoms. The summed E-state index contributed by atoms with van der Waals surface area (Å²) >= 11 is 0. The SMILES string of the molecule is CCCC1=C2[C@@H](CC/C(=C/c3cc(C)c(O)c(C)c3)CC)OB(O)C[C@@H]2[C@@H]2C(=O)N(CCCCCC(=O)O)C(=O)[C@@H]2C1. The van der Waals surface area contributed by atoms with Gasteiger partial charge >= 0.3 is 13.1 Å². The van der Waals surface area contributed by atoms with Crippen LogP contribution in [0.15, 0.2) is 28.9 Å². The lowest BCUT2D eigenvalue weighted by molar-refractivity contribution is -0.141. The number of carboxylic acid groups (broad SMARTS) is 1. The van der Waals surface area contributed by atoms with Crippen molar-refractivity contribution >= 4 is 31.0 Å². The van der Waals surface area contributed by atoms with Crippen LogP contribution in [0.1, 0.15) is 94.7 Å². The summed E-state index contributed by atoms with van der Waals surface area (Å²) in [6.07, 6.45) is 8.66. The lowest BCUT2D eigenvalue weighted by atomic mass is 9.58. The summed E-state index contributed by atoms with van der Waals surface area (Å²) in [6, 6.07) is 3.97. The summed E-state index contributed by atoms with van der Waals surface area (Å²) in [5, 5.41) is 29.9. The fourth-order valence-electron chi connectivity index (χ4n) is 7.29. The van der Waals surface area contributed by atoms with Crippen molar-refractivity contribution in [2.75, 3.05) is 6.54 Å². The van der Waals surface area contributed by atoms with Crippen LogP contribution in [0.25, 0.3) is 6.08 Å². The van der Waals surface area contributed by atoms with Gasteiger partial charge in [-0.15, -0.1) is 0 Å². The van der Waals surface area contributed by atoms with Gasteiger partial charge in [0.1, 0.15) is 5.75 Å². The molecule has 2 saturated heterocycles. The first kappa shape index (κ1) is 32.0. The number of nitrogens with zero attached hydrogens (tertiary/aromatic N) is 1. The van der Waals surface area contributed by atoms with Crippen LogP contribution in [0.5, 0.6) is 5.75 Å². The molecule has 4 atom stereocenters. The number of hydrogen-bond donors (Lipinski definition) is 3. The van der Waals surface area contributed by atoms with E-state index in [1.165, 1.54) is 16.0 Å². The van der Waals surface area contributed by atoms with Gasteiger partial charge in [0, 0.05) is 13.0 Å². The van der Waals surface area contributed by atoms with Crippen LogP contribution >= 0.6 is 0 Å². The molecule has 3 N–H and O–H groups in total. The number of phenolic OH excluding ortho intramolecular Hbond substituents is 1. The number of aliphatic carboxylic acids is 1. The molecular formula is C33H46BNO7. The average molecular weight is 580 g/mol. The molecule has 228 valence electrons. The molecule has 0 spiro atoms. The number of aryl methyl sites for hydroxylation is 2. The Kier molecular flexibility index (Phi) is 10.7. The fraction of sp³-hybridized carbons (Fsp3) is 0.606. The summed E-state index contributed by atoms with van der Waals surface area (Å²) < 4.78 is 6.16. The summed E-state index contributed by atoms with van der Waals surface area (Å²) in [5.74, 6) is -1.88. The third kappa shape index (κ3) is 7.00. The summed E-state index contributed by atoms with van der Waals surface area (Å²) in [7, 11) is -0.991. The number of phenols is 1. The Morgan fingerprint density at radius 1 is 1.07 bits per heavy atom. The van der Waals surface area contributed by atoms with Gasteiger partial charge in [-0.3, -0.25) is 19.3 Å². The predicted octanol–water partition coefficient (Wildman–Crippen LogP) is 5.82. The lowest BCUT2D eigenvalue weighted by Crippen LogP contribution is -2.46. The van der Waals surface area contributed by atoms with Crippen LogP contribution in [-0.2, 0) is 19.0 Å². The van der Waals surface area contributed by atoms with Gasteiger partial charge in [-0.2, -0.15) is 0 Å². The monoisotopic (exact) mass is 579 g/mol. The highest BCUT2D eigenvalue weighted by atomic mass is 16.5. The molecule has 2 heterocycles. The number of carbonyl (C=O) groups excluding carboxylic acids is 2. The first-order chi connectivity index (χ1) is 20.0. The zero-order chi connectivity index (χ0) is 30.6. The molecular weight excluding hydrogens is 533 g/mol. The first-order valence-electron chi connectivity index (χ1n) is 15.7. The molecule has 42 heavy (non-hydrogen) atoms. The van der Waals surface area contributed by atoms with E-state index in [1.54, 1.807) is 0 Å². The van der Waals surface area contributed by atoms with Gasteiger partial charge in [0.15, 0.2) is 0 Å². The number of fused-ring (bicyclic) bond motifs is 3. The average Bonchev–Trinajstić information content (AvgIpc) is 3.17. The molecule has 0 radical (unpaired) electrons. The minimum atomic E-state index is -0.991. The van der Waals surface area contributed by atoms with Crippen LogP contribution in [0.3, 0.4) is 0 Å². The number of benzene rings is 1. The smallest absolute Gasteiger partial charge is 0.455 e. The van der Waals surface area contributed by atoms with Gasteiger partial charge in [-0.05, 0) is 105 Å². The maximum atomic E-state index is 13.7. The topological polar surface area (TPSA) is 124 Å². The van der Waals surface area contributed by atoms with Crippen molar-refractivity contribution < 1.29 is 34.3 Å². The van der Waals surface area contributed by atoms with Gasteiger partial charge in [-0.25, -0.2) is 0 Å². The van der Waals surface area contributed by atoms with Crippen LogP contribution in [0.4, 0.5) is 0 Å². The second-order valence-electron chi connectivity index (χ2n) is 12.3. The van der Waals surface area contributed by atoms with E-state index in [9.17, 15) is 24.5 Å². The molecule has 1 aromatic rings. The molecule has 2 fully saturated rings. The number of amides is 2. The summed E-state index contributed by atoms with van der Waals surface area (Å²) in [5.41, 5.74) is 6.30. The normalized spacial score (nSPS) is 24.4. The van der Waals surface area contributed by atoms with Crippen molar-refractivity contribution in [3.8, 4) is 5.75 Å². The van der Waals surface area contributed by atoms with Crippen molar-refractivity contribution in [1.29, 1.82) is 0 Å². The van der Waals surface area contributed by atoms with Crippen molar-refractivity contribution in [3.05, 3.63) is 45.5 Å². The van der Waals surface area contributed by atoms with Gasteiger partial charge in [-0.1, -0.05) is 43.9 Å². The maximum absolute atomic E-state index is 13.7. The number of allylic oxidation sites excluding steroid dienone is 2. The third-order valence-corrected chi connectivity index (χ3v) is 9.29. The minimum absolute atomic E-state index is 0.0886. The van der Waals surface area contributed by atoms with Gasteiger partial charge in [0.2, 0.25) is 11.8 Å². The third-order valence-electron chi connectivity index (χ3n) is 9.29. The number of imide groups is 1. The molecule has 2 aliphatic heterocycles. The van der Waals surface area contributed by atoms with Crippen LogP contribution < -0.4 is 0 Å². The largest absolute Gasteiger partial charge is 0.507 e. The molecule has 9 heteroatoms.